The van der Waals surface area contributed by atoms with Crippen molar-refractivity contribution < 1.29 is 13.7 Å². The summed E-state index contributed by atoms with van der Waals surface area (Å²) in [4.78, 5) is 4.30. The summed E-state index contributed by atoms with van der Waals surface area (Å²) in [5.74, 6) is 1.60. The number of benzene rings is 1. The molecule has 0 saturated heterocycles. The van der Waals surface area contributed by atoms with E-state index >= 15 is 0 Å². The van der Waals surface area contributed by atoms with E-state index in [1.165, 1.54) is 0 Å². The summed E-state index contributed by atoms with van der Waals surface area (Å²) in [6.07, 6.45) is 0. The second kappa shape index (κ2) is 5.85. The molecule has 0 atom stereocenters. The van der Waals surface area contributed by atoms with Crippen LogP contribution in [0.5, 0.6) is 0 Å². The molecule has 1 N–H and O–H groups in total. The maximum Gasteiger partial charge on any atom is 0.241 e. The predicted molar refractivity (Wildman–Crippen MR) is 73.1 cm³/mol. The van der Waals surface area contributed by atoms with Crippen LogP contribution in [0.15, 0.2) is 39.3 Å². The van der Waals surface area contributed by atoms with Crippen molar-refractivity contribution in [1.29, 1.82) is 0 Å². The third-order valence-corrected chi connectivity index (χ3v) is 2.87. The maximum atomic E-state index is 5.69. The number of methoxy groups -OCH3 is 1. The number of hydrogen-bond donors (Lipinski definition) is 1. The highest BCUT2D eigenvalue weighted by atomic mass is 16.5. The molecule has 3 rings (SSSR count). The number of hydrogen-bond acceptors (Lipinski definition) is 6. The van der Waals surface area contributed by atoms with Crippen LogP contribution in [0.2, 0.25) is 0 Å². The molecular formula is C14H15N3O3. The van der Waals surface area contributed by atoms with Crippen molar-refractivity contribution in [3.05, 3.63) is 36.2 Å². The first-order valence-electron chi connectivity index (χ1n) is 6.38. The Kier molecular flexibility index (Phi) is 3.76. The van der Waals surface area contributed by atoms with Crippen LogP contribution in [0, 0.1) is 0 Å². The van der Waals surface area contributed by atoms with Gasteiger partial charge in [-0.25, -0.2) is 0 Å². The van der Waals surface area contributed by atoms with Gasteiger partial charge < -0.3 is 19.0 Å². The minimum absolute atomic E-state index is 0.463. The molecule has 20 heavy (non-hydrogen) atoms. The standard InChI is InChI=1S/C14H15N3O3/c1-18-7-6-15-9-13-16-14(17-20-13)12-8-10-4-2-3-5-11(10)19-12/h2-5,8,15H,6-7,9H2,1H3. The average molecular weight is 273 g/mol. The van der Waals surface area contributed by atoms with Gasteiger partial charge >= 0.3 is 0 Å². The molecule has 6 heteroatoms. The summed E-state index contributed by atoms with van der Waals surface area (Å²) in [5, 5.41) is 8.09. The molecule has 0 aliphatic heterocycles. The fourth-order valence-electron chi connectivity index (χ4n) is 1.89. The van der Waals surface area contributed by atoms with Crippen LogP contribution in [-0.2, 0) is 11.3 Å². The number of aromatic nitrogens is 2. The van der Waals surface area contributed by atoms with E-state index in [-0.39, 0.29) is 0 Å². The Morgan fingerprint density at radius 1 is 1.30 bits per heavy atom. The molecule has 6 nitrogen and oxygen atoms in total. The Morgan fingerprint density at radius 3 is 3.05 bits per heavy atom. The topological polar surface area (TPSA) is 73.3 Å². The van der Waals surface area contributed by atoms with E-state index in [4.69, 9.17) is 13.7 Å². The molecule has 0 spiro atoms. The summed E-state index contributed by atoms with van der Waals surface area (Å²) < 4.78 is 15.8. The molecule has 0 unspecified atom stereocenters. The maximum absolute atomic E-state index is 5.69. The van der Waals surface area contributed by atoms with Crippen molar-refractivity contribution in [3.8, 4) is 11.6 Å². The molecular weight excluding hydrogens is 258 g/mol. The number of para-hydroxylation sites is 1. The van der Waals surface area contributed by atoms with Gasteiger partial charge in [0.25, 0.3) is 0 Å². The molecule has 0 aliphatic rings. The Bertz CT molecular complexity index is 657. The highest BCUT2D eigenvalue weighted by Gasteiger charge is 2.12. The summed E-state index contributed by atoms with van der Waals surface area (Å²) in [5.41, 5.74) is 0.812. The van der Waals surface area contributed by atoms with Gasteiger partial charge in [-0.05, 0) is 12.1 Å². The number of nitrogens with one attached hydrogen (secondary N) is 1. The van der Waals surface area contributed by atoms with E-state index in [2.05, 4.69) is 15.5 Å². The first-order chi connectivity index (χ1) is 9.86. The van der Waals surface area contributed by atoms with E-state index in [0.29, 0.717) is 30.6 Å². The van der Waals surface area contributed by atoms with E-state index in [0.717, 1.165) is 17.5 Å². The van der Waals surface area contributed by atoms with E-state index in [9.17, 15) is 0 Å². The minimum Gasteiger partial charge on any atom is -0.453 e. The van der Waals surface area contributed by atoms with Crippen LogP contribution in [0.1, 0.15) is 5.89 Å². The fraction of sp³-hybridized carbons (Fsp3) is 0.286. The van der Waals surface area contributed by atoms with Crippen LogP contribution in [0.25, 0.3) is 22.6 Å². The van der Waals surface area contributed by atoms with Gasteiger partial charge in [-0.15, -0.1) is 0 Å². The monoisotopic (exact) mass is 273 g/mol. The molecule has 0 radical (unpaired) electrons. The Hall–Kier alpha value is -2.18. The molecule has 2 heterocycles. The van der Waals surface area contributed by atoms with Crippen LogP contribution in [-0.4, -0.2) is 30.4 Å². The van der Waals surface area contributed by atoms with E-state index < -0.39 is 0 Å². The Balaban J connectivity index is 1.72. The van der Waals surface area contributed by atoms with Crippen LogP contribution in [0.4, 0.5) is 0 Å². The molecule has 0 bridgehead atoms. The van der Waals surface area contributed by atoms with Gasteiger partial charge in [0.15, 0.2) is 5.76 Å². The highest BCUT2D eigenvalue weighted by Crippen LogP contribution is 2.25. The van der Waals surface area contributed by atoms with E-state index in [1.807, 2.05) is 30.3 Å². The zero-order valence-electron chi connectivity index (χ0n) is 11.1. The summed E-state index contributed by atoms with van der Waals surface area (Å²) in [6, 6.07) is 9.68. The lowest BCUT2D eigenvalue weighted by atomic mass is 10.2. The van der Waals surface area contributed by atoms with Gasteiger partial charge in [-0.3, -0.25) is 0 Å². The molecule has 0 aliphatic carbocycles. The van der Waals surface area contributed by atoms with Crippen molar-refractivity contribution in [2.45, 2.75) is 6.54 Å². The van der Waals surface area contributed by atoms with Gasteiger partial charge in [0.2, 0.25) is 11.7 Å². The lowest BCUT2D eigenvalue weighted by molar-refractivity contribution is 0.197. The van der Waals surface area contributed by atoms with Gasteiger partial charge in [0, 0.05) is 19.0 Å². The van der Waals surface area contributed by atoms with Crippen LogP contribution < -0.4 is 5.32 Å². The lowest BCUT2D eigenvalue weighted by Gasteiger charge is -1.98. The zero-order valence-corrected chi connectivity index (χ0v) is 11.1. The van der Waals surface area contributed by atoms with Crippen molar-refractivity contribution in [1.82, 2.24) is 15.5 Å². The van der Waals surface area contributed by atoms with Crippen molar-refractivity contribution in [2.75, 3.05) is 20.3 Å². The molecule has 2 aromatic heterocycles. The van der Waals surface area contributed by atoms with Gasteiger partial charge in [0.05, 0.1) is 13.2 Å². The Morgan fingerprint density at radius 2 is 2.20 bits per heavy atom. The molecule has 3 aromatic rings. The molecule has 0 saturated carbocycles. The largest absolute Gasteiger partial charge is 0.453 e. The normalized spacial score (nSPS) is 11.2. The second-order valence-electron chi connectivity index (χ2n) is 4.33. The van der Waals surface area contributed by atoms with Crippen molar-refractivity contribution in [2.24, 2.45) is 0 Å². The third kappa shape index (κ3) is 2.71. The number of rotatable bonds is 6. The van der Waals surface area contributed by atoms with Gasteiger partial charge in [-0.2, -0.15) is 4.98 Å². The van der Waals surface area contributed by atoms with Crippen molar-refractivity contribution >= 4 is 11.0 Å². The number of nitrogens with zero attached hydrogens (tertiary/aromatic N) is 2. The summed E-state index contributed by atoms with van der Waals surface area (Å²) >= 11 is 0. The summed E-state index contributed by atoms with van der Waals surface area (Å²) in [6.45, 7) is 1.89. The van der Waals surface area contributed by atoms with Crippen molar-refractivity contribution in [3.63, 3.8) is 0 Å². The third-order valence-electron chi connectivity index (χ3n) is 2.87. The summed E-state index contributed by atoms with van der Waals surface area (Å²) in [7, 11) is 1.66. The zero-order chi connectivity index (χ0) is 13.8. The highest BCUT2D eigenvalue weighted by molar-refractivity contribution is 5.81. The predicted octanol–water partition coefficient (Wildman–Crippen LogP) is 2.22. The minimum atomic E-state index is 0.463. The molecule has 0 fully saturated rings. The number of furan rings is 1. The fourth-order valence-corrected chi connectivity index (χ4v) is 1.89. The van der Waals surface area contributed by atoms with Crippen LogP contribution in [0.3, 0.4) is 0 Å². The quantitative estimate of drug-likeness (QED) is 0.694. The van der Waals surface area contributed by atoms with Gasteiger partial charge in [-0.1, -0.05) is 23.4 Å². The molecule has 104 valence electrons. The second-order valence-corrected chi connectivity index (χ2v) is 4.33. The first-order valence-corrected chi connectivity index (χ1v) is 6.38. The number of fused-ring (bicyclic) bond motifs is 1. The Labute approximate surface area is 115 Å². The van der Waals surface area contributed by atoms with E-state index in [1.54, 1.807) is 7.11 Å². The molecule has 1 aromatic carbocycles. The SMILES string of the molecule is COCCNCc1nc(-c2cc3ccccc3o2)no1. The van der Waals surface area contributed by atoms with Crippen LogP contribution >= 0.6 is 0 Å². The van der Waals surface area contributed by atoms with Gasteiger partial charge in [0.1, 0.15) is 5.58 Å². The average Bonchev–Trinajstić information content (AvgIpc) is 3.09. The number of ether oxygens (including phenoxy) is 1. The first kappa shape index (κ1) is 12.8. The lowest BCUT2D eigenvalue weighted by Crippen LogP contribution is -2.18. The molecule has 0 amide bonds. The smallest absolute Gasteiger partial charge is 0.241 e.